The van der Waals surface area contributed by atoms with Crippen molar-refractivity contribution < 1.29 is 0 Å². The first kappa shape index (κ1) is 21.8. The molecule has 3 aromatic carbocycles. The molecule has 3 aromatic rings. The monoisotopic (exact) mass is 433 g/mol. The average molecular weight is 434 g/mol. The van der Waals surface area contributed by atoms with Crippen molar-refractivity contribution in [3.8, 4) is 11.1 Å². The molecule has 0 radical (unpaired) electrons. The summed E-state index contributed by atoms with van der Waals surface area (Å²) in [5, 5.41) is 0. The van der Waals surface area contributed by atoms with Gasteiger partial charge in [0.05, 0.1) is 6.04 Å². The molecule has 2 atom stereocenters. The number of nitrogens with zero attached hydrogens (tertiary/aromatic N) is 1. The smallest absolute Gasteiger partial charge is 0.0629 e. The van der Waals surface area contributed by atoms with Gasteiger partial charge < -0.3 is 4.90 Å². The van der Waals surface area contributed by atoms with Gasteiger partial charge in [0, 0.05) is 17.3 Å². The maximum absolute atomic E-state index is 2.55. The number of benzene rings is 3. The Labute approximate surface area is 199 Å². The lowest BCUT2D eigenvalue weighted by atomic mass is 9.76. The third-order valence-corrected chi connectivity index (χ3v) is 7.73. The van der Waals surface area contributed by atoms with Crippen LogP contribution in [0.4, 0.5) is 11.4 Å². The highest BCUT2D eigenvalue weighted by atomic mass is 15.2. The van der Waals surface area contributed by atoms with Crippen LogP contribution in [-0.2, 0) is 0 Å². The van der Waals surface area contributed by atoms with Gasteiger partial charge in [0.15, 0.2) is 0 Å². The Bertz CT molecular complexity index is 1210. The van der Waals surface area contributed by atoms with Gasteiger partial charge in [-0.1, -0.05) is 101 Å². The third-order valence-electron chi connectivity index (χ3n) is 7.73. The number of para-hydroxylation sites is 1. The molecule has 33 heavy (non-hydrogen) atoms. The molecule has 2 unspecified atom stereocenters. The summed E-state index contributed by atoms with van der Waals surface area (Å²) in [6.07, 6.45) is 8.49. The quantitative estimate of drug-likeness (QED) is 0.388. The number of anilines is 2. The van der Waals surface area contributed by atoms with Crippen LogP contribution in [0.1, 0.15) is 64.0 Å². The molecular formula is C32H35N. The standard InChI is InChI=1S/C32H35N/c1-6-32(4,5)26-16-18-31-29(21-26)28-20-25(24-12-10-11-23(19-24)22(2)3)15-17-30(28)33(31)27-13-8-7-9-14-27/h7-22,29,31H,6H2,1-5H3. The Balaban J connectivity index is 1.64. The Hall–Kier alpha value is -3.06. The Morgan fingerprint density at radius 2 is 1.64 bits per heavy atom. The van der Waals surface area contributed by atoms with E-state index >= 15 is 0 Å². The van der Waals surface area contributed by atoms with E-state index in [-0.39, 0.29) is 5.41 Å². The van der Waals surface area contributed by atoms with E-state index in [9.17, 15) is 0 Å². The van der Waals surface area contributed by atoms with Crippen LogP contribution in [0.15, 0.2) is 96.6 Å². The van der Waals surface area contributed by atoms with Crippen LogP contribution < -0.4 is 4.90 Å². The van der Waals surface area contributed by atoms with Crippen molar-refractivity contribution in [2.45, 2.75) is 58.9 Å². The second kappa shape index (κ2) is 8.37. The highest BCUT2D eigenvalue weighted by molar-refractivity contribution is 5.79. The molecule has 1 heterocycles. The summed E-state index contributed by atoms with van der Waals surface area (Å²) in [5.41, 5.74) is 9.68. The van der Waals surface area contributed by atoms with E-state index in [1.807, 2.05) is 0 Å². The zero-order valence-electron chi connectivity index (χ0n) is 20.5. The van der Waals surface area contributed by atoms with Crippen molar-refractivity contribution >= 4 is 11.4 Å². The summed E-state index contributed by atoms with van der Waals surface area (Å²) < 4.78 is 0. The van der Waals surface area contributed by atoms with Crippen LogP contribution >= 0.6 is 0 Å². The van der Waals surface area contributed by atoms with Gasteiger partial charge in [-0.15, -0.1) is 0 Å². The van der Waals surface area contributed by atoms with Gasteiger partial charge in [0.2, 0.25) is 0 Å². The van der Waals surface area contributed by atoms with E-state index in [0.717, 1.165) is 6.42 Å². The zero-order chi connectivity index (χ0) is 23.2. The van der Waals surface area contributed by atoms with Gasteiger partial charge in [-0.25, -0.2) is 0 Å². The summed E-state index contributed by atoms with van der Waals surface area (Å²) in [7, 11) is 0. The summed E-state index contributed by atoms with van der Waals surface area (Å²) in [6.45, 7) is 11.5. The molecule has 168 valence electrons. The lowest BCUT2D eigenvalue weighted by Crippen LogP contribution is -2.30. The average Bonchev–Trinajstić information content (AvgIpc) is 3.17. The molecule has 1 nitrogen and oxygen atoms in total. The van der Waals surface area contributed by atoms with Gasteiger partial charge in [0.25, 0.3) is 0 Å². The molecule has 0 bridgehead atoms. The lowest BCUT2D eigenvalue weighted by molar-refractivity contribution is 0.434. The molecule has 0 N–H and O–H groups in total. The molecule has 2 aliphatic rings. The number of rotatable bonds is 5. The maximum atomic E-state index is 2.55. The SMILES string of the molecule is CCC(C)(C)C1=CC2c3cc(-c4cccc(C(C)C)c4)ccc3N(c3ccccc3)C2C=C1. The number of allylic oxidation sites excluding steroid dienone is 2. The van der Waals surface area contributed by atoms with Crippen molar-refractivity contribution in [3.05, 3.63) is 108 Å². The molecule has 0 saturated carbocycles. The van der Waals surface area contributed by atoms with Crippen LogP contribution in [0.3, 0.4) is 0 Å². The predicted molar refractivity (Wildman–Crippen MR) is 142 cm³/mol. The first-order valence-corrected chi connectivity index (χ1v) is 12.4. The topological polar surface area (TPSA) is 3.24 Å². The van der Waals surface area contributed by atoms with Crippen molar-refractivity contribution in [2.24, 2.45) is 5.41 Å². The van der Waals surface area contributed by atoms with E-state index in [0.29, 0.717) is 17.9 Å². The molecule has 0 amide bonds. The normalized spacial score (nSPS) is 19.5. The highest BCUT2D eigenvalue weighted by Gasteiger charge is 2.39. The van der Waals surface area contributed by atoms with Crippen molar-refractivity contribution in [2.75, 3.05) is 4.90 Å². The van der Waals surface area contributed by atoms with Gasteiger partial charge in [0.1, 0.15) is 0 Å². The van der Waals surface area contributed by atoms with Gasteiger partial charge in [-0.2, -0.15) is 0 Å². The Kier molecular flexibility index (Phi) is 5.52. The van der Waals surface area contributed by atoms with Crippen LogP contribution in [0.5, 0.6) is 0 Å². The minimum absolute atomic E-state index is 0.186. The molecule has 1 heteroatoms. The molecular weight excluding hydrogens is 398 g/mol. The van der Waals surface area contributed by atoms with Crippen LogP contribution in [-0.4, -0.2) is 6.04 Å². The second-order valence-corrected chi connectivity index (χ2v) is 10.5. The summed E-state index contributed by atoms with van der Waals surface area (Å²) in [5.74, 6) is 0.891. The first-order chi connectivity index (χ1) is 15.9. The van der Waals surface area contributed by atoms with Crippen molar-refractivity contribution in [1.29, 1.82) is 0 Å². The summed E-state index contributed by atoms with van der Waals surface area (Å²) in [4.78, 5) is 2.52. The minimum Gasteiger partial charge on any atom is -0.333 e. The van der Waals surface area contributed by atoms with E-state index in [2.05, 4.69) is 131 Å². The fourth-order valence-corrected chi connectivity index (χ4v) is 5.20. The minimum atomic E-state index is 0.186. The number of hydrogen-bond donors (Lipinski definition) is 0. The van der Waals surface area contributed by atoms with E-state index in [1.165, 1.54) is 39.2 Å². The highest BCUT2D eigenvalue weighted by Crippen LogP contribution is 2.51. The molecule has 1 aliphatic carbocycles. The van der Waals surface area contributed by atoms with E-state index < -0.39 is 0 Å². The fourth-order valence-electron chi connectivity index (χ4n) is 5.20. The lowest BCUT2D eigenvalue weighted by Gasteiger charge is -2.33. The maximum Gasteiger partial charge on any atom is 0.0629 e. The van der Waals surface area contributed by atoms with Crippen molar-refractivity contribution in [1.82, 2.24) is 0 Å². The third kappa shape index (κ3) is 3.84. The molecule has 1 aliphatic heterocycles. The van der Waals surface area contributed by atoms with Gasteiger partial charge in [-0.3, -0.25) is 0 Å². The summed E-state index contributed by atoms with van der Waals surface area (Å²) >= 11 is 0. The van der Waals surface area contributed by atoms with Crippen LogP contribution in [0.25, 0.3) is 11.1 Å². The molecule has 5 rings (SSSR count). The van der Waals surface area contributed by atoms with Crippen LogP contribution in [0.2, 0.25) is 0 Å². The predicted octanol–water partition coefficient (Wildman–Crippen LogP) is 9.01. The zero-order valence-corrected chi connectivity index (χ0v) is 20.5. The van der Waals surface area contributed by atoms with Crippen LogP contribution in [0, 0.1) is 5.41 Å². The first-order valence-electron chi connectivity index (χ1n) is 12.4. The molecule has 0 saturated heterocycles. The fraction of sp³-hybridized carbons (Fsp3) is 0.312. The van der Waals surface area contributed by atoms with Gasteiger partial charge >= 0.3 is 0 Å². The molecule has 0 spiro atoms. The largest absolute Gasteiger partial charge is 0.333 e. The molecule has 0 aromatic heterocycles. The van der Waals surface area contributed by atoms with Gasteiger partial charge in [-0.05, 0) is 69.8 Å². The second-order valence-electron chi connectivity index (χ2n) is 10.5. The van der Waals surface area contributed by atoms with E-state index in [1.54, 1.807) is 0 Å². The van der Waals surface area contributed by atoms with Crippen molar-refractivity contribution in [3.63, 3.8) is 0 Å². The number of hydrogen-bond acceptors (Lipinski definition) is 1. The Morgan fingerprint density at radius 1 is 0.879 bits per heavy atom. The Morgan fingerprint density at radius 3 is 2.36 bits per heavy atom. The van der Waals surface area contributed by atoms with E-state index in [4.69, 9.17) is 0 Å². The summed E-state index contributed by atoms with van der Waals surface area (Å²) in [6, 6.07) is 27.3. The molecule has 0 fully saturated rings. The number of fused-ring (bicyclic) bond motifs is 3.